The summed E-state index contributed by atoms with van der Waals surface area (Å²) < 4.78 is 3.02. The Morgan fingerprint density at radius 2 is 2.12 bits per heavy atom. The minimum atomic E-state index is 0.409. The summed E-state index contributed by atoms with van der Waals surface area (Å²) in [6.45, 7) is 5.50. The van der Waals surface area contributed by atoms with Crippen LogP contribution in [0.2, 0.25) is 0 Å². The highest BCUT2D eigenvalue weighted by Crippen LogP contribution is 2.40. The number of H-pyrrole nitrogens is 1. The van der Waals surface area contributed by atoms with Gasteiger partial charge in [-0.1, -0.05) is 13.8 Å². The first-order valence-corrected chi connectivity index (χ1v) is 6.73. The van der Waals surface area contributed by atoms with Gasteiger partial charge in [-0.2, -0.15) is 5.10 Å². The molecule has 4 nitrogen and oxygen atoms in total. The molecule has 96 valence electrons. The van der Waals surface area contributed by atoms with Gasteiger partial charge in [0.1, 0.15) is 5.82 Å². The van der Waals surface area contributed by atoms with Crippen LogP contribution in [0.5, 0.6) is 0 Å². The van der Waals surface area contributed by atoms with E-state index in [1.807, 2.05) is 0 Å². The van der Waals surface area contributed by atoms with Gasteiger partial charge in [-0.15, -0.1) is 0 Å². The average molecular weight is 254 g/mol. The fourth-order valence-corrected chi connectivity index (χ4v) is 2.51. The van der Waals surface area contributed by atoms with E-state index >= 15 is 0 Å². The highest BCUT2D eigenvalue weighted by molar-refractivity contribution is 7.71. The van der Waals surface area contributed by atoms with E-state index < -0.39 is 0 Å². The molecule has 0 spiro atoms. The van der Waals surface area contributed by atoms with Crippen LogP contribution in [0.3, 0.4) is 0 Å². The number of aromatic nitrogens is 3. The van der Waals surface area contributed by atoms with E-state index in [0.717, 1.165) is 17.1 Å². The van der Waals surface area contributed by atoms with Gasteiger partial charge >= 0.3 is 0 Å². The average Bonchev–Trinajstić information content (AvgIpc) is 2.99. The summed E-state index contributed by atoms with van der Waals surface area (Å²) >= 11 is 5.39. The van der Waals surface area contributed by atoms with Crippen molar-refractivity contribution in [3.05, 3.63) is 10.6 Å². The lowest BCUT2D eigenvalue weighted by molar-refractivity contribution is 0.263. The molecule has 0 aliphatic heterocycles. The normalized spacial score (nSPS) is 18.0. The highest BCUT2D eigenvalue weighted by atomic mass is 32.1. The molecule has 1 aliphatic carbocycles. The third-order valence-corrected chi connectivity index (χ3v) is 3.62. The number of rotatable bonds is 5. The molecule has 0 saturated heterocycles. The standard InChI is InChI=1S/C12H22N4S/c1-8(2)10(7-15(3)4)16-11(9-5-6-9)13-14-12(16)17/h8-10H,5-7H2,1-4H3,(H,14,17). The summed E-state index contributed by atoms with van der Waals surface area (Å²) in [6.07, 6.45) is 2.51. The minimum absolute atomic E-state index is 0.409. The van der Waals surface area contributed by atoms with Crippen molar-refractivity contribution in [3.8, 4) is 0 Å². The molecule has 17 heavy (non-hydrogen) atoms. The predicted octanol–water partition coefficient (Wildman–Crippen LogP) is 2.58. The number of hydrogen-bond donors (Lipinski definition) is 1. The van der Waals surface area contributed by atoms with Crippen molar-refractivity contribution in [2.24, 2.45) is 5.92 Å². The maximum Gasteiger partial charge on any atom is 0.195 e. The lowest BCUT2D eigenvalue weighted by atomic mass is 10.0. The molecule has 1 fully saturated rings. The van der Waals surface area contributed by atoms with Crippen LogP contribution in [0.4, 0.5) is 0 Å². The molecule has 1 N–H and O–H groups in total. The molecule has 0 bridgehead atoms. The molecule has 1 aromatic heterocycles. The van der Waals surface area contributed by atoms with Crippen LogP contribution in [0.15, 0.2) is 0 Å². The van der Waals surface area contributed by atoms with Gasteiger partial charge < -0.3 is 4.90 Å². The molecule has 1 heterocycles. The summed E-state index contributed by atoms with van der Waals surface area (Å²) in [5, 5.41) is 7.38. The Balaban J connectivity index is 2.34. The molecule has 1 aliphatic rings. The lowest BCUT2D eigenvalue weighted by Gasteiger charge is -2.26. The molecular weight excluding hydrogens is 232 g/mol. The highest BCUT2D eigenvalue weighted by Gasteiger charge is 2.32. The first-order valence-electron chi connectivity index (χ1n) is 6.32. The number of likely N-dealkylation sites (N-methyl/N-ethyl adjacent to an activating group) is 1. The maximum atomic E-state index is 5.39. The molecule has 2 rings (SSSR count). The van der Waals surface area contributed by atoms with Crippen molar-refractivity contribution >= 4 is 12.2 Å². The van der Waals surface area contributed by atoms with E-state index in [9.17, 15) is 0 Å². The van der Waals surface area contributed by atoms with Crippen LogP contribution >= 0.6 is 12.2 Å². The van der Waals surface area contributed by atoms with Crippen LogP contribution in [-0.4, -0.2) is 40.3 Å². The van der Waals surface area contributed by atoms with Crippen molar-refractivity contribution < 1.29 is 0 Å². The van der Waals surface area contributed by atoms with Crippen molar-refractivity contribution in [2.75, 3.05) is 20.6 Å². The van der Waals surface area contributed by atoms with E-state index in [2.05, 4.69) is 47.6 Å². The second-order valence-corrected chi connectivity index (χ2v) is 5.99. The van der Waals surface area contributed by atoms with E-state index in [-0.39, 0.29) is 0 Å². The van der Waals surface area contributed by atoms with Gasteiger partial charge in [-0.05, 0) is 45.1 Å². The van der Waals surface area contributed by atoms with Crippen LogP contribution < -0.4 is 0 Å². The molecule has 0 amide bonds. The predicted molar refractivity (Wildman–Crippen MR) is 71.8 cm³/mol. The fourth-order valence-electron chi connectivity index (χ4n) is 2.23. The monoisotopic (exact) mass is 254 g/mol. The first kappa shape index (κ1) is 12.8. The van der Waals surface area contributed by atoms with Crippen LogP contribution in [0.25, 0.3) is 0 Å². The Labute approximate surface area is 108 Å². The summed E-state index contributed by atoms with van der Waals surface area (Å²) in [5.41, 5.74) is 0. The first-order chi connectivity index (χ1) is 8.00. The van der Waals surface area contributed by atoms with Crippen molar-refractivity contribution in [3.63, 3.8) is 0 Å². The molecule has 5 heteroatoms. The molecular formula is C12H22N4S. The van der Waals surface area contributed by atoms with Gasteiger partial charge in [0, 0.05) is 12.5 Å². The van der Waals surface area contributed by atoms with Gasteiger partial charge in [-0.3, -0.25) is 9.67 Å². The molecule has 1 saturated carbocycles. The van der Waals surface area contributed by atoms with Gasteiger partial charge in [0.25, 0.3) is 0 Å². The summed E-state index contributed by atoms with van der Waals surface area (Å²) in [5.74, 6) is 2.35. The lowest BCUT2D eigenvalue weighted by Crippen LogP contribution is -2.29. The second-order valence-electron chi connectivity index (χ2n) is 5.60. The van der Waals surface area contributed by atoms with Crippen molar-refractivity contribution in [1.82, 2.24) is 19.7 Å². The fraction of sp³-hybridized carbons (Fsp3) is 0.833. The third-order valence-electron chi connectivity index (χ3n) is 3.33. The molecule has 1 aromatic rings. The third kappa shape index (κ3) is 2.77. The van der Waals surface area contributed by atoms with Crippen molar-refractivity contribution in [1.29, 1.82) is 0 Å². The van der Waals surface area contributed by atoms with Gasteiger partial charge in [0.15, 0.2) is 4.77 Å². The zero-order chi connectivity index (χ0) is 12.6. The number of hydrogen-bond acceptors (Lipinski definition) is 3. The minimum Gasteiger partial charge on any atom is -0.307 e. The van der Waals surface area contributed by atoms with Crippen LogP contribution in [0.1, 0.15) is 44.5 Å². The Bertz CT molecular complexity index is 428. The summed E-state index contributed by atoms with van der Waals surface area (Å²) in [4.78, 5) is 2.22. The van der Waals surface area contributed by atoms with E-state index in [4.69, 9.17) is 12.2 Å². The number of nitrogens with one attached hydrogen (secondary N) is 1. The van der Waals surface area contributed by atoms with Crippen LogP contribution in [0, 0.1) is 10.7 Å². The quantitative estimate of drug-likeness (QED) is 0.821. The summed E-state index contributed by atoms with van der Waals surface area (Å²) in [7, 11) is 4.21. The van der Waals surface area contributed by atoms with Crippen molar-refractivity contribution in [2.45, 2.75) is 38.6 Å². The second kappa shape index (κ2) is 4.90. The smallest absolute Gasteiger partial charge is 0.195 e. The van der Waals surface area contributed by atoms with Gasteiger partial charge in [-0.25, -0.2) is 0 Å². The van der Waals surface area contributed by atoms with E-state index in [1.54, 1.807) is 0 Å². The Kier molecular flexibility index (Phi) is 3.68. The molecule has 0 radical (unpaired) electrons. The Morgan fingerprint density at radius 3 is 2.59 bits per heavy atom. The number of nitrogens with zero attached hydrogens (tertiary/aromatic N) is 3. The van der Waals surface area contributed by atoms with Gasteiger partial charge in [0.05, 0.1) is 6.04 Å². The van der Waals surface area contributed by atoms with E-state index in [1.165, 1.54) is 12.8 Å². The zero-order valence-electron chi connectivity index (χ0n) is 11.1. The maximum absolute atomic E-state index is 5.39. The Hall–Kier alpha value is -0.680. The zero-order valence-corrected chi connectivity index (χ0v) is 11.9. The summed E-state index contributed by atoms with van der Waals surface area (Å²) in [6, 6.07) is 0.409. The van der Waals surface area contributed by atoms with E-state index in [0.29, 0.717) is 17.9 Å². The largest absolute Gasteiger partial charge is 0.307 e. The van der Waals surface area contributed by atoms with Crippen LogP contribution in [-0.2, 0) is 0 Å². The molecule has 1 unspecified atom stereocenters. The molecule has 0 aromatic carbocycles. The Morgan fingerprint density at radius 1 is 1.47 bits per heavy atom. The number of aromatic amines is 1. The molecule has 1 atom stereocenters. The SMILES string of the molecule is CC(C)C(CN(C)C)n1c(C2CC2)n[nH]c1=S. The van der Waals surface area contributed by atoms with Gasteiger partial charge in [0.2, 0.25) is 0 Å². The topological polar surface area (TPSA) is 36.9 Å².